The average Bonchev–Trinajstić information content (AvgIpc) is 2.17. The number of carbonyl (C=O) groups is 1. The Labute approximate surface area is 79.2 Å². The van der Waals surface area contributed by atoms with Gasteiger partial charge in [-0.05, 0) is 6.42 Å². The first kappa shape index (κ1) is 9.78. The fraction of sp³-hybridized carbons (Fsp3) is 0.364. The Morgan fingerprint density at radius 3 is 2.69 bits per heavy atom. The van der Waals surface area contributed by atoms with E-state index < -0.39 is 0 Å². The SMILES string of the molecule is C=CC1(N(C)C(C)=O)C=CC=CC1. The van der Waals surface area contributed by atoms with Crippen LogP contribution in [0.25, 0.3) is 0 Å². The molecule has 1 unspecified atom stereocenters. The highest BCUT2D eigenvalue weighted by atomic mass is 16.2. The van der Waals surface area contributed by atoms with E-state index in [9.17, 15) is 4.79 Å². The summed E-state index contributed by atoms with van der Waals surface area (Å²) < 4.78 is 0. The Morgan fingerprint density at radius 2 is 2.31 bits per heavy atom. The highest BCUT2D eigenvalue weighted by molar-refractivity contribution is 5.74. The highest BCUT2D eigenvalue weighted by Crippen LogP contribution is 2.25. The fourth-order valence-corrected chi connectivity index (χ4v) is 1.46. The van der Waals surface area contributed by atoms with Gasteiger partial charge >= 0.3 is 0 Å². The summed E-state index contributed by atoms with van der Waals surface area (Å²) in [6.45, 7) is 5.35. The molecule has 0 spiro atoms. The van der Waals surface area contributed by atoms with Gasteiger partial charge in [0.1, 0.15) is 0 Å². The van der Waals surface area contributed by atoms with Crippen LogP contribution in [0.4, 0.5) is 0 Å². The lowest BCUT2D eigenvalue weighted by Gasteiger charge is -2.37. The van der Waals surface area contributed by atoms with Gasteiger partial charge < -0.3 is 4.90 Å². The minimum Gasteiger partial charge on any atom is -0.333 e. The summed E-state index contributed by atoms with van der Waals surface area (Å²) in [5.41, 5.74) is -0.319. The van der Waals surface area contributed by atoms with Crippen LogP contribution in [-0.2, 0) is 4.79 Å². The molecule has 1 rings (SSSR count). The first-order valence-corrected chi connectivity index (χ1v) is 4.35. The van der Waals surface area contributed by atoms with Crippen molar-refractivity contribution < 1.29 is 4.79 Å². The molecule has 0 aromatic rings. The van der Waals surface area contributed by atoms with Crippen LogP contribution in [0.2, 0.25) is 0 Å². The predicted molar refractivity (Wildman–Crippen MR) is 54.3 cm³/mol. The largest absolute Gasteiger partial charge is 0.333 e. The quantitative estimate of drug-likeness (QED) is 0.590. The van der Waals surface area contributed by atoms with Gasteiger partial charge in [-0.2, -0.15) is 0 Å². The van der Waals surface area contributed by atoms with Crippen molar-refractivity contribution in [1.82, 2.24) is 4.90 Å². The van der Waals surface area contributed by atoms with Gasteiger partial charge in [-0.3, -0.25) is 4.79 Å². The number of allylic oxidation sites excluding steroid dienone is 2. The molecule has 13 heavy (non-hydrogen) atoms. The molecule has 70 valence electrons. The van der Waals surface area contributed by atoms with Crippen molar-refractivity contribution in [2.75, 3.05) is 7.05 Å². The molecular formula is C11H15NO. The zero-order chi connectivity index (χ0) is 9.90. The van der Waals surface area contributed by atoms with Crippen LogP contribution in [0.3, 0.4) is 0 Å². The first-order valence-electron chi connectivity index (χ1n) is 4.35. The van der Waals surface area contributed by atoms with Crippen molar-refractivity contribution in [3.05, 3.63) is 37.0 Å². The zero-order valence-corrected chi connectivity index (χ0v) is 8.16. The molecule has 2 heteroatoms. The van der Waals surface area contributed by atoms with Crippen LogP contribution in [0, 0.1) is 0 Å². The number of carbonyl (C=O) groups excluding carboxylic acids is 1. The minimum atomic E-state index is -0.319. The second-order valence-corrected chi connectivity index (χ2v) is 3.26. The van der Waals surface area contributed by atoms with Crippen LogP contribution in [0.15, 0.2) is 37.0 Å². The molecule has 0 bridgehead atoms. The molecule has 0 saturated carbocycles. The summed E-state index contributed by atoms with van der Waals surface area (Å²) in [5, 5.41) is 0. The third-order valence-electron chi connectivity index (χ3n) is 2.53. The normalized spacial score (nSPS) is 25.7. The Hall–Kier alpha value is -1.31. The molecule has 0 heterocycles. The van der Waals surface area contributed by atoms with E-state index in [1.165, 1.54) is 0 Å². The van der Waals surface area contributed by atoms with E-state index in [1.54, 1.807) is 18.9 Å². The van der Waals surface area contributed by atoms with Crippen molar-refractivity contribution in [2.24, 2.45) is 0 Å². The summed E-state index contributed by atoms with van der Waals surface area (Å²) in [7, 11) is 1.80. The third-order valence-corrected chi connectivity index (χ3v) is 2.53. The van der Waals surface area contributed by atoms with Gasteiger partial charge in [-0.15, -0.1) is 6.58 Å². The summed E-state index contributed by atoms with van der Waals surface area (Å²) >= 11 is 0. The van der Waals surface area contributed by atoms with Crippen molar-refractivity contribution in [1.29, 1.82) is 0 Å². The Balaban J connectivity index is 2.94. The summed E-state index contributed by atoms with van der Waals surface area (Å²) in [5.74, 6) is 0.0554. The molecule has 0 aliphatic heterocycles. The van der Waals surface area contributed by atoms with Crippen LogP contribution >= 0.6 is 0 Å². The number of likely N-dealkylation sites (N-methyl/N-ethyl adjacent to an activating group) is 1. The lowest BCUT2D eigenvalue weighted by Crippen LogP contribution is -2.45. The van der Waals surface area contributed by atoms with E-state index in [4.69, 9.17) is 0 Å². The van der Waals surface area contributed by atoms with Crippen molar-refractivity contribution in [2.45, 2.75) is 18.9 Å². The van der Waals surface area contributed by atoms with Crippen molar-refractivity contribution in [3.63, 3.8) is 0 Å². The van der Waals surface area contributed by atoms with E-state index >= 15 is 0 Å². The fourth-order valence-electron chi connectivity index (χ4n) is 1.46. The summed E-state index contributed by atoms with van der Waals surface area (Å²) in [6, 6.07) is 0. The van der Waals surface area contributed by atoms with Crippen LogP contribution in [-0.4, -0.2) is 23.4 Å². The summed E-state index contributed by atoms with van der Waals surface area (Å²) in [4.78, 5) is 12.9. The number of amides is 1. The maximum atomic E-state index is 11.2. The van der Waals surface area contributed by atoms with Crippen LogP contribution in [0.1, 0.15) is 13.3 Å². The molecule has 0 N–H and O–H groups in total. The maximum absolute atomic E-state index is 11.2. The van der Waals surface area contributed by atoms with Gasteiger partial charge in [0.25, 0.3) is 0 Å². The Bertz CT molecular complexity index is 278. The molecule has 0 aromatic heterocycles. The topological polar surface area (TPSA) is 20.3 Å². The molecule has 1 amide bonds. The lowest BCUT2D eigenvalue weighted by molar-refractivity contribution is -0.130. The molecule has 0 saturated heterocycles. The first-order chi connectivity index (χ1) is 6.12. The van der Waals surface area contributed by atoms with Gasteiger partial charge in [0, 0.05) is 14.0 Å². The van der Waals surface area contributed by atoms with Gasteiger partial charge in [0.2, 0.25) is 5.91 Å². The molecule has 0 fully saturated rings. The molecule has 1 atom stereocenters. The number of rotatable bonds is 2. The molecular weight excluding hydrogens is 162 g/mol. The van der Waals surface area contributed by atoms with Gasteiger partial charge in [0.15, 0.2) is 0 Å². The number of hydrogen-bond donors (Lipinski definition) is 0. The summed E-state index contributed by atoms with van der Waals surface area (Å²) in [6.07, 6.45) is 10.6. The van der Waals surface area contributed by atoms with Crippen molar-refractivity contribution in [3.8, 4) is 0 Å². The number of nitrogens with zero attached hydrogens (tertiary/aromatic N) is 1. The van der Waals surface area contributed by atoms with Crippen LogP contribution < -0.4 is 0 Å². The highest BCUT2D eigenvalue weighted by Gasteiger charge is 2.29. The van der Waals surface area contributed by atoms with Gasteiger partial charge in [-0.25, -0.2) is 0 Å². The molecule has 0 radical (unpaired) electrons. The Morgan fingerprint density at radius 1 is 1.62 bits per heavy atom. The smallest absolute Gasteiger partial charge is 0.220 e. The molecule has 0 aromatic carbocycles. The third kappa shape index (κ3) is 1.72. The van der Waals surface area contributed by atoms with Gasteiger partial charge in [-0.1, -0.05) is 30.4 Å². The molecule has 2 nitrogen and oxygen atoms in total. The van der Waals surface area contributed by atoms with Crippen molar-refractivity contribution >= 4 is 5.91 Å². The minimum absolute atomic E-state index is 0.0554. The molecule has 1 aliphatic carbocycles. The van der Waals surface area contributed by atoms with E-state index in [1.807, 2.05) is 30.4 Å². The predicted octanol–water partition coefficient (Wildman–Crippen LogP) is 1.91. The maximum Gasteiger partial charge on any atom is 0.220 e. The van der Waals surface area contributed by atoms with Gasteiger partial charge in [0.05, 0.1) is 5.54 Å². The van der Waals surface area contributed by atoms with E-state index in [-0.39, 0.29) is 11.4 Å². The lowest BCUT2D eigenvalue weighted by atomic mass is 9.90. The Kier molecular flexibility index (Phi) is 2.71. The van der Waals surface area contributed by atoms with E-state index in [2.05, 4.69) is 6.58 Å². The molecule has 1 aliphatic rings. The standard InChI is InChI=1S/C11H15NO/c1-4-11(12(3)10(2)13)8-6-5-7-9-11/h4-8H,1,9H2,2-3H3. The van der Waals surface area contributed by atoms with Crippen LogP contribution in [0.5, 0.6) is 0 Å². The zero-order valence-electron chi connectivity index (χ0n) is 8.16. The van der Waals surface area contributed by atoms with E-state index in [0.717, 1.165) is 6.42 Å². The van der Waals surface area contributed by atoms with E-state index in [0.29, 0.717) is 0 Å². The monoisotopic (exact) mass is 177 g/mol. The average molecular weight is 177 g/mol. The number of hydrogen-bond acceptors (Lipinski definition) is 1. The second kappa shape index (κ2) is 3.60. The second-order valence-electron chi connectivity index (χ2n) is 3.26.